The molecule has 3 atom stereocenters. The molecular weight excluding hydrogens is 596 g/mol. The lowest BCUT2D eigenvalue weighted by molar-refractivity contribution is -0.143. The summed E-state index contributed by atoms with van der Waals surface area (Å²) in [5.74, 6) is -2.83. The van der Waals surface area contributed by atoms with E-state index in [1.165, 1.54) is 60.3 Å². The van der Waals surface area contributed by atoms with E-state index in [4.69, 9.17) is 9.84 Å². The maximum Gasteiger partial charge on any atom is 0.329 e. The van der Waals surface area contributed by atoms with Gasteiger partial charge in [0.25, 0.3) is 5.91 Å². The molecule has 3 aromatic carbocycles. The normalized spacial score (nSPS) is 19.0. The van der Waals surface area contributed by atoms with Crippen LogP contribution in [0.2, 0.25) is 0 Å². The lowest BCUT2D eigenvalue weighted by atomic mass is 9.92. The average Bonchev–Trinajstić information content (AvgIpc) is 3.80. The Hall–Kier alpha value is -4.49. The highest BCUT2D eigenvalue weighted by Gasteiger charge is 2.51. The van der Waals surface area contributed by atoms with Gasteiger partial charge in [-0.1, -0.05) is 24.3 Å². The third kappa shape index (κ3) is 7.00. The number of carbonyl (C=O) groups excluding carboxylic acids is 3. The zero-order chi connectivity index (χ0) is 31.4. The number of aliphatic hydroxyl groups excluding tert-OH is 1. The molecule has 5 rings (SSSR count). The summed E-state index contributed by atoms with van der Waals surface area (Å²) < 4.78 is 32.4. The van der Waals surface area contributed by atoms with Gasteiger partial charge in [-0.3, -0.25) is 14.4 Å². The maximum absolute atomic E-state index is 13.6. The van der Waals surface area contributed by atoms with Crippen molar-refractivity contribution in [3.8, 4) is 5.75 Å². The van der Waals surface area contributed by atoms with Gasteiger partial charge in [0, 0.05) is 11.4 Å². The van der Waals surface area contributed by atoms with E-state index >= 15 is 0 Å². The van der Waals surface area contributed by atoms with Crippen molar-refractivity contribution >= 4 is 41.1 Å². The molecule has 3 amide bonds. The van der Waals surface area contributed by atoms with Gasteiger partial charge < -0.3 is 30.5 Å². The summed E-state index contributed by atoms with van der Waals surface area (Å²) in [5.41, 5.74) is 0.533. The van der Waals surface area contributed by atoms with Gasteiger partial charge >= 0.3 is 5.97 Å². The molecule has 0 radical (unpaired) electrons. The fourth-order valence-corrected chi connectivity index (χ4v) is 6.08. The number of nitrogens with zero attached hydrogens (tertiary/aromatic N) is 1. The van der Waals surface area contributed by atoms with Crippen molar-refractivity contribution in [2.24, 2.45) is 0 Å². The number of aliphatic carboxylic acids is 1. The molecular formula is C31H29F2N3O7S. The number of benzene rings is 3. The Labute approximate surface area is 255 Å². The van der Waals surface area contributed by atoms with Crippen LogP contribution in [0.1, 0.15) is 36.1 Å². The largest absolute Gasteiger partial charge is 0.484 e. The summed E-state index contributed by atoms with van der Waals surface area (Å²) in [5, 5.41) is 24.0. The second-order valence-electron chi connectivity index (χ2n) is 10.5. The van der Waals surface area contributed by atoms with E-state index in [2.05, 4.69) is 10.6 Å². The Balaban J connectivity index is 1.20. The van der Waals surface area contributed by atoms with Crippen LogP contribution < -0.4 is 20.3 Å². The number of carboxylic acid groups (broad SMARTS) is 1. The topological polar surface area (TPSA) is 145 Å². The molecule has 4 N–H and O–H groups in total. The monoisotopic (exact) mass is 625 g/mol. The number of aliphatic hydroxyl groups is 1. The molecule has 0 spiro atoms. The second-order valence-corrected chi connectivity index (χ2v) is 11.7. The molecule has 44 heavy (non-hydrogen) atoms. The fourth-order valence-electron chi connectivity index (χ4n) is 4.78. The number of β-lactam (4-membered cyclic amide) rings is 1. The summed E-state index contributed by atoms with van der Waals surface area (Å²) >= 11 is 1.26. The van der Waals surface area contributed by atoms with E-state index in [0.29, 0.717) is 29.8 Å². The number of carboxylic acids is 1. The van der Waals surface area contributed by atoms with Crippen molar-refractivity contribution in [3.05, 3.63) is 95.6 Å². The van der Waals surface area contributed by atoms with Crippen LogP contribution in [0.25, 0.3) is 0 Å². The molecule has 2 aliphatic rings. The van der Waals surface area contributed by atoms with Crippen LogP contribution >= 0.6 is 11.8 Å². The molecule has 2 fully saturated rings. The van der Waals surface area contributed by atoms with E-state index in [1.807, 2.05) is 0 Å². The average molecular weight is 626 g/mol. The second kappa shape index (κ2) is 13.0. The highest BCUT2D eigenvalue weighted by atomic mass is 32.2. The maximum atomic E-state index is 13.6. The van der Waals surface area contributed by atoms with Crippen molar-refractivity contribution in [2.45, 2.75) is 35.8 Å². The first-order chi connectivity index (χ1) is 21.1. The van der Waals surface area contributed by atoms with Crippen molar-refractivity contribution in [3.63, 3.8) is 0 Å². The first kappa shape index (κ1) is 31.0. The van der Waals surface area contributed by atoms with Crippen molar-refractivity contribution < 1.29 is 42.9 Å². The molecule has 1 aliphatic heterocycles. The zero-order valence-electron chi connectivity index (χ0n) is 23.2. The number of halogens is 2. The van der Waals surface area contributed by atoms with Gasteiger partial charge in [0.2, 0.25) is 11.8 Å². The first-order valence-corrected chi connectivity index (χ1v) is 14.8. The summed E-state index contributed by atoms with van der Waals surface area (Å²) in [7, 11) is 0. The Bertz CT molecular complexity index is 1530. The van der Waals surface area contributed by atoms with E-state index in [-0.39, 0.29) is 24.8 Å². The number of carbonyl (C=O) groups is 4. The molecule has 1 saturated heterocycles. The highest BCUT2D eigenvalue weighted by Crippen LogP contribution is 2.46. The van der Waals surface area contributed by atoms with E-state index in [9.17, 15) is 33.1 Å². The van der Waals surface area contributed by atoms with Gasteiger partial charge in [0.05, 0.1) is 18.7 Å². The number of hydrogen-bond donors (Lipinski definition) is 4. The van der Waals surface area contributed by atoms with Gasteiger partial charge in [-0.15, -0.1) is 11.8 Å². The number of amides is 3. The molecule has 3 unspecified atom stereocenters. The van der Waals surface area contributed by atoms with Crippen molar-refractivity contribution in [1.29, 1.82) is 0 Å². The van der Waals surface area contributed by atoms with Crippen LogP contribution in [0.5, 0.6) is 5.75 Å². The minimum atomic E-state index is -1.24. The fraction of sp³-hybridized carbons (Fsp3) is 0.290. The number of thioether (sulfide) groups is 1. The van der Waals surface area contributed by atoms with Gasteiger partial charge in [-0.25, -0.2) is 13.6 Å². The quantitative estimate of drug-likeness (QED) is 0.212. The van der Waals surface area contributed by atoms with E-state index in [0.717, 1.165) is 5.56 Å². The molecule has 0 aromatic heterocycles. The molecule has 1 saturated carbocycles. The molecule has 3 aromatic rings. The number of ether oxygens (including phenoxy) is 1. The standard InChI is InChI=1S/C31H29F2N3O7S/c32-20-5-1-18(2-6-20)24(37)17-44-28-27(36(29(28)40)22-9-7-21(33)8-10-22)19-3-11-23(12-4-19)43-16-26(39)34-15-25(38)35-31(13-14-31)30(41)42/h1-12,24,27-28,37H,13-17H2,(H,34,39)(H,35,38)(H,41,42). The zero-order valence-corrected chi connectivity index (χ0v) is 24.1. The third-order valence-electron chi connectivity index (χ3n) is 7.41. The summed E-state index contributed by atoms with van der Waals surface area (Å²) in [6, 6.07) is 17.3. The van der Waals surface area contributed by atoms with Crippen molar-refractivity contribution in [1.82, 2.24) is 10.6 Å². The van der Waals surface area contributed by atoms with Crippen LogP contribution in [0.15, 0.2) is 72.8 Å². The summed E-state index contributed by atoms with van der Waals surface area (Å²) in [6.07, 6.45) is -0.237. The van der Waals surface area contributed by atoms with Crippen LogP contribution in [0.4, 0.5) is 14.5 Å². The Morgan fingerprint density at radius 1 is 0.955 bits per heavy atom. The SMILES string of the molecule is O=C(COc1ccc(C2C(SCC(O)c3ccc(F)cc3)C(=O)N2c2ccc(F)cc2)cc1)NCC(=O)NC1(C(=O)O)CC1. The number of hydrogen-bond acceptors (Lipinski definition) is 7. The van der Waals surface area contributed by atoms with Gasteiger partial charge in [-0.05, 0) is 72.5 Å². The lowest BCUT2D eigenvalue weighted by Gasteiger charge is -2.47. The predicted molar refractivity (Wildman–Crippen MR) is 157 cm³/mol. The molecule has 1 heterocycles. The summed E-state index contributed by atoms with van der Waals surface area (Å²) in [6.45, 7) is -0.778. The van der Waals surface area contributed by atoms with E-state index in [1.54, 1.807) is 29.2 Å². The van der Waals surface area contributed by atoms with Crippen LogP contribution in [0.3, 0.4) is 0 Å². The first-order valence-electron chi connectivity index (χ1n) is 13.7. The Morgan fingerprint density at radius 2 is 1.57 bits per heavy atom. The number of rotatable bonds is 13. The molecule has 0 bridgehead atoms. The summed E-state index contributed by atoms with van der Waals surface area (Å²) in [4.78, 5) is 50.1. The number of anilines is 1. The Kier molecular flexibility index (Phi) is 9.16. The predicted octanol–water partition coefficient (Wildman–Crippen LogP) is 3.12. The molecule has 230 valence electrons. The molecule has 1 aliphatic carbocycles. The smallest absolute Gasteiger partial charge is 0.329 e. The van der Waals surface area contributed by atoms with Crippen molar-refractivity contribution in [2.75, 3.05) is 23.8 Å². The molecule has 13 heteroatoms. The minimum Gasteiger partial charge on any atom is -0.484 e. The van der Waals surface area contributed by atoms with Gasteiger partial charge in [0.15, 0.2) is 6.61 Å². The minimum absolute atomic E-state index is 0.182. The van der Waals surface area contributed by atoms with Crippen LogP contribution in [-0.2, 0) is 19.2 Å². The number of nitrogens with one attached hydrogen (secondary N) is 2. The van der Waals surface area contributed by atoms with Gasteiger partial charge in [0.1, 0.15) is 28.2 Å². The third-order valence-corrected chi connectivity index (χ3v) is 8.74. The highest BCUT2D eigenvalue weighted by molar-refractivity contribution is 8.00. The molecule has 10 nitrogen and oxygen atoms in total. The van der Waals surface area contributed by atoms with Gasteiger partial charge in [-0.2, -0.15) is 0 Å². The lowest BCUT2D eigenvalue weighted by Crippen LogP contribution is -2.57. The Morgan fingerprint density at radius 3 is 2.16 bits per heavy atom. The van der Waals surface area contributed by atoms with E-state index < -0.39 is 52.4 Å². The van der Waals surface area contributed by atoms with Crippen LogP contribution in [-0.4, -0.2) is 63.6 Å². The van der Waals surface area contributed by atoms with Crippen LogP contribution in [0, 0.1) is 11.6 Å².